The number of rotatable bonds is 5. The van der Waals surface area contributed by atoms with Crippen LogP contribution in [0.15, 0.2) is 30.5 Å². The number of carbonyl (C=O) groups is 2. The Labute approximate surface area is 138 Å². The summed E-state index contributed by atoms with van der Waals surface area (Å²) in [6, 6.07) is 5.79. The molecule has 0 aliphatic rings. The Hall–Kier alpha value is -3.36. The molecule has 0 fully saturated rings. The molecule has 0 saturated heterocycles. The lowest BCUT2D eigenvalue weighted by Gasteiger charge is -2.12. The molecular formula is C15H17N5O4. The molecule has 2 amide bonds. The van der Waals surface area contributed by atoms with Crippen LogP contribution in [-0.2, 0) is 4.74 Å². The van der Waals surface area contributed by atoms with Crippen molar-refractivity contribution in [1.82, 2.24) is 15.3 Å². The number of phenols is 1. The van der Waals surface area contributed by atoms with Crippen LogP contribution in [0.25, 0.3) is 0 Å². The molecule has 0 aliphatic carbocycles. The van der Waals surface area contributed by atoms with Gasteiger partial charge < -0.3 is 20.5 Å². The second-order valence-electron chi connectivity index (χ2n) is 4.56. The van der Waals surface area contributed by atoms with Crippen LogP contribution >= 0.6 is 0 Å². The molecular weight excluding hydrogens is 314 g/mol. The van der Waals surface area contributed by atoms with E-state index in [1.165, 1.54) is 25.4 Å². The third-order valence-electron chi connectivity index (χ3n) is 2.85. The van der Waals surface area contributed by atoms with Gasteiger partial charge in [-0.05, 0) is 19.1 Å². The van der Waals surface area contributed by atoms with Gasteiger partial charge in [-0.15, -0.1) is 0 Å². The molecule has 0 aliphatic heterocycles. The average Bonchev–Trinajstić information content (AvgIpc) is 2.55. The number of anilines is 3. The first-order valence-electron chi connectivity index (χ1n) is 7.12. The molecule has 0 bridgehead atoms. The van der Waals surface area contributed by atoms with E-state index in [0.29, 0.717) is 5.69 Å². The number of hydrogen-bond acceptors (Lipinski definition) is 7. The van der Waals surface area contributed by atoms with Gasteiger partial charge in [0.15, 0.2) is 5.82 Å². The molecule has 0 saturated carbocycles. The largest absolute Gasteiger partial charge is 0.508 e. The molecule has 0 spiro atoms. The number of benzene rings is 1. The van der Waals surface area contributed by atoms with Crippen molar-refractivity contribution in [2.45, 2.75) is 6.92 Å². The second kappa shape index (κ2) is 7.77. The number of amides is 2. The number of hydrogen-bond donors (Lipinski definition) is 4. The lowest BCUT2D eigenvalue weighted by molar-refractivity contribution is 0.0526. The number of urea groups is 1. The summed E-state index contributed by atoms with van der Waals surface area (Å²) in [5, 5.41) is 17.2. The highest BCUT2D eigenvalue weighted by atomic mass is 16.5. The average molecular weight is 331 g/mol. The van der Waals surface area contributed by atoms with E-state index in [9.17, 15) is 14.7 Å². The summed E-state index contributed by atoms with van der Waals surface area (Å²) in [6.45, 7) is 1.88. The van der Waals surface area contributed by atoms with E-state index >= 15 is 0 Å². The quantitative estimate of drug-likeness (QED) is 0.616. The third-order valence-corrected chi connectivity index (χ3v) is 2.85. The fourth-order valence-electron chi connectivity index (χ4n) is 1.78. The molecule has 0 radical (unpaired) electrons. The Bertz CT molecular complexity index is 750. The Morgan fingerprint density at radius 1 is 1.33 bits per heavy atom. The van der Waals surface area contributed by atoms with E-state index in [0.717, 1.165) is 0 Å². The van der Waals surface area contributed by atoms with E-state index in [1.807, 2.05) is 0 Å². The molecule has 1 aromatic heterocycles. The monoisotopic (exact) mass is 331 g/mol. The standard InChI is InChI=1S/C15H17N5O4/c1-3-24-13(22)11-8-17-14(20-15(23)16-2)19-12(11)18-9-5-4-6-10(21)7-9/h4-8,21H,3H2,1-2H3,(H3,16,17,18,19,20,23). The summed E-state index contributed by atoms with van der Waals surface area (Å²) in [5.41, 5.74) is 0.604. The molecule has 1 heterocycles. The molecule has 0 atom stereocenters. The lowest BCUT2D eigenvalue weighted by atomic mass is 10.2. The number of carbonyl (C=O) groups excluding carboxylic acids is 2. The van der Waals surface area contributed by atoms with Crippen LogP contribution in [0.2, 0.25) is 0 Å². The minimum absolute atomic E-state index is 0.00468. The summed E-state index contributed by atoms with van der Waals surface area (Å²) in [7, 11) is 1.45. The van der Waals surface area contributed by atoms with Crippen LogP contribution < -0.4 is 16.0 Å². The molecule has 126 valence electrons. The first-order valence-corrected chi connectivity index (χ1v) is 7.12. The predicted molar refractivity (Wildman–Crippen MR) is 87.5 cm³/mol. The van der Waals surface area contributed by atoms with Gasteiger partial charge in [-0.3, -0.25) is 5.32 Å². The van der Waals surface area contributed by atoms with Crippen LogP contribution in [0.1, 0.15) is 17.3 Å². The SMILES string of the molecule is CCOC(=O)c1cnc(NC(=O)NC)nc1Nc1cccc(O)c1. The number of nitrogens with one attached hydrogen (secondary N) is 3. The molecule has 24 heavy (non-hydrogen) atoms. The minimum atomic E-state index is -0.605. The van der Waals surface area contributed by atoms with Crippen LogP contribution in [0.3, 0.4) is 0 Å². The number of aromatic nitrogens is 2. The van der Waals surface area contributed by atoms with Gasteiger partial charge in [0, 0.05) is 25.0 Å². The Morgan fingerprint density at radius 2 is 2.12 bits per heavy atom. The molecule has 0 unspecified atom stereocenters. The maximum atomic E-state index is 12.0. The number of ether oxygens (including phenoxy) is 1. The van der Waals surface area contributed by atoms with E-state index in [2.05, 4.69) is 25.9 Å². The van der Waals surface area contributed by atoms with Crippen molar-refractivity contribution >= 4 is 29.5 Å². The molecule has 9 heteroatoms. The van der Waals surface area contributed by atoms with E-state index < -0.39 is 12.0 Å². The number of aromatic hydroxyl groups is 1. The van der Waals surface area contributed by atoms with Crippen LogP contribution in [0.5, 0.6) is 5.75 Å². The molecule has 1 aromatic carbocycles. The number of esters is 1. The predicted octanol–water partition coefficient (Wildman–Crippen LogP) is 1.85. The van der Waals surface area contributed by atoms with E-state index in [1.54, 1.807) is 19.1 Å². The number of phenolic OH excluding ortho intramolecular Hbond substituents is 1. The normalized spacial score (nSPS) is 9.92. The zero-order valence-corrected chi connectivity index (χ0v) is 13.2. The molecule has 2 rings (SSSR count). The minimum Gasteiger partial charge on any atom is -0.508 e. The van der Waals surface area contributed by atoms with Gasteiger partial charge in [-0.1, -0.05) is 6.07 Å². The fraction of sp³-hybridized carbons (Fsp3) is 0.200. The summed E-state index contributed by atoms with van der Waals surface area (Å²) in [5.74, 6) is -0.410. The first-order chi connectivity index (χ1) is 11.5. The van der Waals surface area contributed by atoms with Gasteiger partial charge in [0.1, 0.15) is 11.3 Å². The van der Waals surface area contributed by atoms with Gasteiger partial charge in [0.25, 0.3) is 0 Å². The summed E-state index contributed by atoms with van der Waals surface area (Å²) >= 11 is 0. The fourth-order valence-corrected chi connectivity index (χ4v) is 1.78. The van der Waals surface area contributed by atoms with Crippen molar-refractivity contribution in [3.63, 3.8) is 0 Å². The van der Waals surface area contributed by atoms with Gasteiger partial charge >= 0.3 is 12.0 Å². The van der Waals surface area contributed by atoms with Crippen molar-refractivity contribution in [1.29, 1.82) is 0 Å². The van der Waals surface area contributed by atoms with Gasteiger partial charge in [0.2, 0.25) is 5.95 Å². The highest BCUT2D eigenvalue weighted by Crippen LogP contribution is 2.23. The maximum absolute atomic E-state index is 12.0. The summed E-state index contributed by atoms with van der Waals surface area (Å²) < 4.78 is 4.96. The molecule has 4 N–H and O–H groups in total. The van der Waals surface area contributed by atoms with Gasteiger partial charge in [-0.25, -0.2) is 14.6 Å². The van der Waals surface area contributed by atoms with Crippen LogP contribution in [0.4, 0.5) is 22.2 Å². The van der Waals surface area contributed by atoms with Crippen molar-refractivity contribution in [3.05, 3.63) is 36.0 Å². The van der Waals surface area contributed by atoms with Crippen LogP contribution in [-0.4, -0.2) is 40.7 Å². The maximum Gasteiger partial charge on any atom is 0.343 e. The Balaban J connectivity index is 2.36. The summed E-state index contributed by atoms with van der Waals surface area (Å²) in [6.07, 6.45) is 1.25. The topological polar surface area (TPSA) is 125 Å². The van der Waals surface area contributed by atoms with Crippen molar-refractivity contribution in [3.8, 4) is 5.75 Å². The second-order valence-corrected chi connectivity index (χ2v) is 4.56. The van der Waals surface area contributed by atoms with Crippen molar-refractivity contribution in [2.75, 3.05) is 24.3 Å². The number of nitrogens with zero attached hydrogens (tertiary/aromatic N) is 2. The Kier molecular flexibility index (Phi) is 5.50. The lowest BCUT2D eigenvalue weighted by Crippen LogP contribution is -2.26. The van der Waals surface area contributed by atoms with Crippen LogP contribution in [0, 0.1) is 0 Å². The molecule has 9 nitrogen and oxygen atoms in total. The van der Waals surface area contributed by atoms with Crippen molar-refractivity contribution in [2.24, 2.45) is 0 Å². The van der Waals surface area contributed by atoms with Gasteiger partial charge in [0.05, 0.1) is 6.61 Å². The Morgan fingerprint density at radius 3 is 2.79 bits per heavy atom. The summed E-state index contributed by atoms with van der Waals surface area (Å²) in [4.78, 5) is 31.4. The zero-order chi connectivity index (χ0) is 17.5. The zero-order valence-electron chi connectivity index (χ0n) is 13.2. The molecule has 2 aromatic rings. The highest BCUT2D eigenvalue weighted by Gasteiger charge is 2.17. The first kappa shape index (κ1) is 17.0. The van der Waals surface area contributed by atoms with E-state index in [-0.39, 0.29) is 29.7 Å². The van der Waals surface area contributed by atoms with Crippen molar-refractivity contribution < 1.29 is 19.4 Å². The highest BCUT2D eigenvalue weighted by molar-refractivity contribution is 5.96. The smallest absolute Gasteiger partial charge is 0.343 e. The third kappa shape index (κ3) is 4.32. The van der Waals surface area contributed by atoms with Gasteiger partial charge in [-0.2, -0.15) is 4.98 Å². The van der Waals surface area contributed by atoms with E-state index in [4.69, 9.17) is 4.74 Å².